The van der Waals surface area contributed by atoms with Crippen LogP contribution in [0, 0.1) is 0 Å². The van der Waals surface area contributed by atoms with Gasteiger partial charge in [0.1, 0.15) is 10.6 Å². The van der Waals surface area contributed by atoms with Crippen LogP contribution < -0.4 is 10.5 Å². The van der Waals surface area contributed by atoms with Crippen LogP contribution in [0.4, 0.5) is 0 Å². The van der Waals surface area contributed by atoms with E-state index < -0.39 is 10.0 Å². The van der Waals surface area contributed by atoms with E-state index in [0.29, 0.717) is 22.9 Å². The fourth-order valence-electron chi connectivity index (χ4n) is 2.86. The minimum Gasteiger partial charge on any atom is -0.495 e. The molecule has 0 spiro atoms. The van der Waals surface area contributed by atoms with Crippen molar-refractivity contribution in [1.82, 2.24) is 4.31 Å². The van der Waals surface area contributed by atoms with Gasteiger partial charge in [-0.1, -0.05) is 18.5 Å². The minimum atomic E-state index is -3.63. The highest BCUT2D eigenvalue weighted by Crippen LogP contribution is 2.36. The van der Waals surface area contributed by atoms with Crippen molar-refractivity contribution in [3.05, 3.63) is 22.7 Å². The summed E-state index contributed by atoms with van der Waals surface area (Å²) in [5.74, 6) is 0.295. The lowest BCUT2D eigenvalue weighted by Crippen LogP contribution is -2.35. The summed E-state index contributed by atoms with van der Waals surface area (Å²) in [5, 5.41) is 0.349. The lowest BCUT2D eigenvalue weighted by atomic mass is 10.2. The molecule has 1 atom stereocenters. The zero-order valence-corrected chi connectivity index (χ0v) is 13.9. The molecule has 5 nitrogen and oxygen atoms in total. The van der Waals surface area contributed by atoms with Gasteiger partial charge in [0.15, 0.2) is 0 Å². The molecule has 0 aromatic heterocycles. The summed E-state index contributed by atoms with van der Waals surface area (Å²) in [6, 6.07) is 3.13. The van der Waals surface area contributed by atoms with Crippen LogP contribution in [0.2, 0.25) is 5.02 Å². The van der Waals surface area contributed by atoms with E-state index in [2.05, 4.69) is 0 Å². The second kappa shape index (κ2) is 6.52. The second-order valence-corrected chi connectivity index (χ2v) is 7.42. The molecule has 0 aliphatic carbocycles. The lowest BCUT2D eigenvalue weighted by molar-refractivity contribution is 0.369. The number of rotatable bonds is 5. The van der Waals surface area contributed by atoms with Crippen molar-refractivity contribution in [1.29, 1.82) is 0 Å². The molecular formula is C14H21ClN2O3S. The smallest absolute Gasteiger partial charge is 0.247 e. The summed E-state index contributed by atoms with van der Waals surface area (Å²) in [6.45, 7) is 2.71. The maximum atomic E-state index is 13.0. The molecule has 7 heteroatoms. The Bertz CT molecular complexity index is 619. The predicted molar refractivity (Wildman–Crippen MR) is 83.1 cm³/mol. The molecule has 1 unspecified atom stereocenters. The summed E-state index contributed by atoms with van der Waals surface area (Å²) < 4.78 is 32.8. The SMILES string of the molecule is CCC1CCCN1S(=O)(=O)c1cc(Cl)cc(CN)c1OC. The Labute approximate surface area is 131 Å². The van der Waals surface area contributed by atoms with Crippen LogP contribution >= 0.6 is 11.6 Å². The first kappa shape index (κ1) is 16.5. The normalized spacial score (nSPS) is 19.9. The maximum Gasteiger partial charge on any atom is 0.247 e. The Hall–Kier alpha value is -0.820. The molecule has 1 heterocycles. The summed E-state index contributed by atoms with van der Waals surface area (Å²) in [5.41, 5.74) is 6.26. The Kier molecular flexibility index (Phi) is 5.14. The molecule has 0 amide bonds. The monoisotopic (exact) mass is 332 g/mol. The summed E-state index contributed by atoms with van der Waals surface area (Å²) in [7, 11) is -2.18. The average molecular weight is 333 g/mol. The van der Waals surface area contributed by atoms with Gasteiger partial charge in [-0.05, 0) is 31.4 Å². The fourth-order valence-corrected chi connectivity index (χ4v) is 5.16. The van der Waals surface area contributed by atoms with Crippen molar-refractivity contribution < 1.29 is 13.2 Å². The van der Waals surface area contributed by atoms with Crippen LogP contribution in [0.5, 0.6) is 5.75 Å². The molecule has 0 radical (unpaired) electrons. The van der Waals surface area contributed by atoms with E-state index in [1.165, 1.54) is 13.2 Å². The van der Waals surface area contributed by atoms with E-state index in [1.54, 1.807) is 10.4 Å². The zero-order chi connectivity index (χ0) is 15.6. The van der Waals surface area contributed by atoms with Crippen LogP contribution in [0.1, 0.15) is 31.7 Å². The number of benzene rings is 1. The number of hydrogen-bond donors (Lipinski definition) is 1. The Balaban J connectivity index is 2.56. The van der Waals surface area contributed by atoms with E-state index in [1.807, 2.05) is 6.92 Å². The molecule has 1 aromatic carbocycles. The van der Waals surface area contributed by atoms with Crippen LogP contribution in [0.15, 0.2) is 17.0 Å². The third-order valence-corrected chi connectivity index (χ3v) is 6.08. The first-order chi connectivity index (χ1) is 9.95. The molecule has 1 aliphatic rings. The van der Waals surface area contributed by atoms with Crippen LogP contribution in [-0.2, 0) is 16.6 Å². The molecule has 1 saturated heterocycles. The highest BCUT2D eigenvalue weighted by molar-refractivity contribution is 7.89. The van der Waals surface area contributed by atoms with E-state index in [0.717, 1.165) is 19.3 Å². The molecule has 2 N–H and O–H groups in total. The van der Waals surface area contributed by atoms with E-state index in [4.69, 9.17) is 22.1 Å². The molecular weight excluding hydrogens is 312 g/mol. The van der Waals surface area contributed by atoms with Crippen LogP contribution in [0.25, 0.3) is 0 Å². The molecule has 0 saturated carbocycles. The highest BCUT2D eigenvalue weighted by atomic mass is 35.5. The number of nitrogens with two attached hydrogens (primary N) is 1. The zero-order valence-electron chi connectivity index (χ0n) is 12.3. The van der Waals surface area contributed by atoms with Gasteiger partial charge in [-0.2, -0.15) is 4.31 Å². The summed E-state index contributed by atoms with van der Waals surface area (Å²) in [6.07, 6.45) is 2.57. The molecule has 2 rings (SSSR count). The third kappa shape index (κ3) is 3.04. The van der Waals surface area contributed by atoms with Gasteiger partial charge >= 0.3 is 0 Å². The van der Waals surface area contributed by atoms with Crippen molar-refractivity contribution in [3.63, 3.8) is 0 Å². The first-order valence-electron chi connectivity index (χ1n) is 7.04. The molecule has 21 heavy (non-hydrogen) atoms. The molecule has 1 fully saturated rings. The predicted octanol–water partition coefficient (Wildman–Crippen LogP) is 2.37. The van der Waals surface area contributed by atoms with Gasteiger partial charge in [0.2, 0.25) is 10.0 Å². The molecule has 118 valence electrons. The first-order valence-corrected chi connectivity index (χ1v) is 8.85. The Morgan fingerprint density at radius 2 is 2.19 bits per heavy atom. The Morgan fingerprint density at radius 1 is 1.48 bits per heavy atom. The van der Waals surface area contributed by atoms with Crippen molar-refractivity contribution in [2.45, 2.75) is 43.7 Å². The highest BCUT2D eigenvalue weighted by Gasteiger charge is 2.36. The van der Waals surface area contributed by atoms with Gasteiger partial charge in [0.05, 0.1) is 7.11 Å². The summed E-state index contributed by atoms with van der Waals surface area (Å²) >= 11 is 6.05. The number of hydrogen-bond acceptors (Lipinski definition) is 4. The number of nitrogens with zero attached hydrogens (tertiary/aromatic N) is 1. The standard InChI is InChI=1S/C14H21ClN2O3S/c1-3-12-5-4-6-17(12)21(18,19)13-8-11(15)7-10(9-16)14(13)20-2/h7-8,12H,3-6,9,16H2,1-2H3. The van der Waals surface area contributed by atoms with Gasteiger partial charge in [-0.15, -0.1) is 0 Å². The van der Waals surface area contributed by atoms with Gasteiger partial charge in [0.25, 0.3) is 0 Å². The number of halogens is 1. The van der Waals surface area contributed by atoms with Gasteiger partial charge < -0.3 is 10.5 Å². The quantitative estimate of drug-likeness (QED) is 0.898. The van der Waals surface area contributed by atoms with Gasteiger partial charge in [-0.25, -0.2) is 8.42 Å². The minimum absolute atomic E-state index is 0.0417. The van der Waals surface area contributed by atoms with Crippen LogP contribution in [0.3, 0.4) is 0 Å². The van der Waals surface area contributed by atoms with E-state index in [9.17, 15) is 8.42 Å². The lowest BCUT2D eigenvalue weighted by Gasteiger charge is -2.24. The van der Waals surface area contributed by atoms with Crippen molar-refractivity contribution in [3.8, 4) is 5.75 Å². The van der Waals surface area contributed by atoms with E-state index in [-0.39, 0.29) is 17.5 Å². The average Bonchev–Trinajstić information content (AvgIpc) is 2.95. The molecule has 0 bridgehead atoms. The van der Waals surface area contributed by atoms with E-state index >= 15 is 0 Å². The van der Waals surface area contributed by atoms with Crippen molar-refractivity contribution in [2.24, 2.45) is 5.73 Å². The largest absolute Gasteiger partial charge is 0.495 e. The molecule has 1 aromatic rings. The second-order valence-electron chi connectivity index (χ2n) is 5.12. The third-order valence-electron chi connectivity index (χ3n) is 3.90. The van der Waals surface area contributed by atoms with Gasteiger partial charge in [0, 0.05) is 29.7 Å². The van der Waals surface area contributed by atoms with Crippen molar-refractivity contribution in [2.75, 3.05) is 13.7 Å². The summed E-state index contributed by atoms with van der Waals surface area (Å²) in [4.78, 5) is 0.110. The van der Waals surface area contributed by atoms with Crippen LogP contribution in [-0.4, -0.2) is 32.4 Å². The van der Waals surface area contributed by atoms with Gasteiger partial charge in [-0.3, -0.25) is 0 Å². The maximum absolute atomic E-state index is 13.0. The number of ether oxygens (including phenoxy) is 1. The topological polar surface area (TPSA) is 72.6 Å². The number of methoxy groups -OCH3 is 1. The van der Waals surface area contributed by atoms with Crippen molar-refractivity contribution >= 4 is 21.6 Å². The number of sulfonamides is 1. The Morgan fingerprint density at radius 3 is 2.76 bits per heavy atom. The molecule has 1 aliphatic heterocycles. The fraction of sp³-hybridized carbons (Fsp3) is 0.571.